The highest BCUT2D eigenvalue weighted by Crippen LogP contribution is 2.53. The standard InChI is InChI=1S/C28H30F3NO2/c1-27(2,31)16-32-26(25-22(29)12-17(13-23(25)30)10-11-24(33)34-5)20-14-18-8-6-7-9-19(18)21(20)15-28(32,3)4/h6-13,26H,14-16H2,1-5H3/b11-10+. The Balaban J connectivity index is 1.88. The van der Waals surface area contributed by atoms with Crippen LogP contribution in [-0.2, 0) is 16.0 Å². The van der Waals surface area contributed by atoms with Crippen molar-refractivity contribution in [3.63, 3.8) is 0 Å². The molecule has 0 bridgehead atoms. The van der Waals surface area contributed by atoms with E-state index in [2.05, 4.69) is 4.74 Å². The van der Waals surface area contributed by atoms with E-state index in [9.17, 15) is 9.18 Å². The molecule has 2 aromatic rings. The van der Waals surface area contributed by atoms with Crippen LogP contribution in [0, 0.1) is 11.6 Å². The Hall–Kier alpha value is -2.86. The second kappa shape index (κ2) is 8.73. The number of halogens is 3. The number of hydrogen-bond donors (Lipinski definition) is 0. The molecule has 0 fully saturated rings. The maximum Gasteiger partial charge on any atom is 0.330 e. The fourth-order valence-corrected chi connectivity index (χ4v) is 5.23. The number of rotatable bonds is 5. The fourth-order valence-electron chi connectivity index (χ4n) is 5.23. The molecule has 34 heavy (non-hydrogen) atoms. The molecule has 2 aliphatic rings. The molecule has 1 heterocycles. The van der Waals surface area contributed by atoms with Gasteiger partial charge < -0.3 is 4.74 Å². The molecule has 2 aromatic carbocycles. The van der Waals surface area contributed by atoms with Crippen molar-refractivity contribution in [2.75, 3.05) is 13.7 Å². The van der Waals surface area contributed by atoms with E-state index in [4.69, 9.17) is 0 Å². The summed E-state index contributed by atoms with van der Waals surface area (Å²) in [6.07, 6.45) is 3.66. The smallest absolute Gasteiger partial charge is 0.330 e. The third-order valence-electron chi connectivity index (χ3n) is 6.67. The molecule has 180 valence electrons. The van der Waals surface area contributed by atoms with Crippen LogP contribution in [0.4, 0.5) is 13.2 Å². The lowest BCUT2D eigenvalue weighted by Crippen LogP contribution is -2.53. The summed E-state index contributed by atoms with van der Waals surface area (Å²) in [4.78, 5) is 13.3. The predicted molar refractivity (Wildman–Crippen MR) is 128 cm³/mol. The normalized spacial score (nSPS) is 19.9. The van der Waals surface area contributed by atoms with Crippen LogP contribution in [-0.4, -0.2) is 35.7 Å². The highest BCUT2D eigenvalue weighted by Gasteiger charge is 2.47. The van der Waals surface area contributed by atoms with Crippen molar-refractivity contribution in [2.24, 2.45) is 0 Å². The second-order valence-electron chi connectivity index (χ2n) is 10.3. The summed E-state index contributed by atoms with van der Waals surface area (Å²) >= 11 is 0. The Kier molecular flexibility index (Phi) is 6.23. The van der Waals surface area contributed by atoms with Crippen LogP contribution < -0.4 is 0 Å². The van der Waals surface area contributed by atoms with Gasteiger partial charge in [0, 0.05) is 23.7 Å². The minimum absolute atomic E-state index is 0.0284. The van der Waals surface area contributed by atoms with Gasteiger partial charge in [-0.1, -0.05) is 24.3 Å². The molecule has 0 N–H and O–H groups in total. The van der Waals surface area contributed by atoms with Gasteiger partial charge in [0.15, 0.2) is 0 Å². The largest absolute Gasteiger partial charge is 0.466 e. The summed E-state index contributed by atoms with van der Waals surface area (Å²) in [5.74, 6) is -2.07. The first-order valence-corrected chi connectivity index (χ1v) is 11.4. The van der Waals surface area contributed by atoms with E-state index >= 15 is 8.78 Å². The highest BCUT2D eigenvalue weighted by molar-refractivity contribution is 5.87. The minimum Gasteiger partial charge on any atom is -0.466 e. The van der Waals surface area contributed by atoms with Gasteiger partial charge in [-0.15, -0.1) is 0 Å². The van der Waals surface area contributed by atoms with E-state index in [1.165, 1.54) is 39.2 Å². The van der Waals surface area contributed by atoms with E-state index in [1.807, 2.05) is 43.0 Å². The number of benzene rings is 2. The average Bonchev–Trinajstić information content (AvgIpc) is 3.10. The first-order chi connectivity index (χ1) is 15.9. The maximum atomic E-state index is 15.6. The predicted octanol–water partition coefficient (Wildman–Crippen LogP) is 6.43. The Labute approximate surface area is 198 Å². The van der Waals surface area contributed by atoms with E-state index in [1.54, 1.807) is 0 Å². The van der Waals surface area contributed by atoms with Crippen molar-refractivity contribution in [1.82, 2.24) is 4.90 Å². The van der Waals surface area contributed by atoms with Gasteiger partial charge in [-0.05, 0) is 86.6 Å². The van der Waals surface area contributed by atoms with Crippen LogP contribution in [0.25, 0.3) is 11.6 Å². The van der Waals surface area contributed by atoms with Crippen LogP contribution >= 0.6 is 0 Å². The molecule has 1 atom stereocenters. The van der Waals surface area contributed by atoms with Crippen molar-refractivity contribution in [1.29, 1.82) is 0 Å². The Morgan fingerprint density at radius 1 is 1.21 bits per heavy atom. The summed E-state index contributed by atoms with van der Waals surface area (Å²) < 4.78 is 50.8. The molecule has 4 rings (SSSR count). The number of alkyl halides is 1. The van der Waals surface area contributed by atoms with Crippen LogP contribution in [0.3, 0.4) is 0 Å². The van der Waals surface area contributed by atoms with Crippen molar-refractivity contribution in [2.45, 2.75) is 57.8 Å². The molecule has 0 spiro atoms. The lowest BCUT2D eigenvalue weighted by Gasteiger charge is -2.50. The maximum absolute atomic E-state index is 15.6. The zero-order valence-corrected chi connectivity index (χ0v) is 20.2. The van der Waals surface area contributed by atoms with Gasteiger partial charge >= 0.3 is 5.97 Å². The molecule has 1 aliphatic carbocycles. The monoisotopic (exact) mass is 469 g/mol. The van der Waals surface area contributed by atoms with Crippen molar-refractivity contribution in [3.8, 4) is 0 Å². The van der Waals surface area contributed by atoms with Crippen LogP contribution in [0.2, 0.25) is 0 Å². The molecule has 0 radical (unpaired) electrons. The fraction of sp³-hybridized carbons (Fsp3) is 0.393. The van der Waals surface area contributed by atoms with Gasteiger partial charge in [0.2, 0.25) is 0 Å². The van der Waals surface area contributed by atoms with Gasteiger partial charge in [0.05, 0.1) is 13.2 Å². The number of nitrogens with zero attached hydrogens (tertiary/aromatic N) is 1. The lowest BCUT2D eigenvalue weighted by molar-refractivity contribution is -0.134. The third-order valence-corrected chi connectivity index (χ3v) is 6.67. The highest BCUT2D eigenvalue weighted by atomic mass is 19.1. The molecule has 0 saturated heterocycles. The molecular formula is C28H30F3NO2. The zero-order valence-electron chi connectivity index (χ0n) is 20.2. The van der Waals surface area contributed by atoms with Crippen molar-refractivity contribution >= 4 is 17.6 Å². The van der Waals surface area contributed by atoms with Gasteiger partial charge in [-0.3, -0.25) is 4.90 Å². The molecule has 0 amide bonds. The van der Waals surface area contributed by atoms with Gasteiger partial charge in [-0.25, -0.2) is 18.0 Å². The third kappa shape index (κ3) is 4.56. The average molecular weight is 470 g/mol. The second-order valence-corrected chi connectivity index (χ2v) is 10.3. The quantitative estimate of drug-likeness (QED) is 0.373. The molecule has 6 heteroatoms. The Bertz CT molecular complexity index is 1170. The van der Waals surface area contributed by atoms with Crippen LogP contribution in [0.5, 0.6) is 0 Å². The molecule has 1 unspecified atom stereocenters. The summed E-state index contributed by atoms with van der Waals surface area (Å²) in [6.45, 7) is 7.00. The summed E-state index contributed by atoms with van der Waals surface area (Å²) in [7, 11) is 1.23. The van der Waals surface area contributed by atoms with Crippen LogP contribution in [0.15, 0.2) is 48.0 Å². The van der Waals surface area contributed by atoms with E-state index in [0.29, 0.717) is 12.8 Å². The molecule has 3 nitrogen and oxygen atoms in total. The Morgan fingerprint density at radius 3 is 2.47 bits per heavy atom. The first-order valence-electron chi connectivity index (χ1n) is 11.4. The van der Waals surface area contributed by atoms with E-state index in [0.717, 1.165) is 28.3 Å². The number of esters is 1. The zero-order chi connectivity index (χ0) is 24.8. The van der Waals surface area contributed by atoms with E-state index < -0.39 is 34.9 Å². The Morgan fingerprint density at radius 2 is 1.85 bits per heavy atom. The number of hydrogen-bond acceptors (Lipinski definition) is 3. The number of ether oxygens (including phenoxy) is 1. The lowest BCUT2D eigenvalue weighted by atomic mass is 9.78. The summed E-state index contributed by atoms with van der Waals surface area (Å²) in [5.41, 5.74) is 2.25. The first kappa shape index (κ1) is 24.3. The SMILES string of the molecule is COC(=O)/C=C/c1cc(F)c(C2C3=C(CC(C)(C)N2CC(C)(C)F)c2ccccc2C3)c(F)c1. The minimum atomic E-state index is -1.56. The topological polar surface area (TPSA) is 29.5 Å². The van der Waals surface area contributed by atoms with Crippen molar-refractivity contribution < 1.29 is 22.7 Å². The number of carbonyl (C=O) groups is 1. The van der Waals surface area contributed by atoms with Crippen molar-refractivity contribution in [3.05, 3.63) is 81.9 Å². The van der Waals surface area contributed by atoms with Crippen LogP contribution in [0.1, 0.15) is 62.4 Å². The number of fused-ring (bicyclic) bond motifs is 2. The van der Waals surface area contributed by atoms with Gasteiger partial charge in [0.25, 0.3) is 0 Å². The molecular weight excluding hydrogens is 439 g/mol. The molecule has 0 saturated carbocycles. The van der Waals surface area contributed by atoms with E-state index in [-0.39, 0.29) is 17.7 Å². The molecule has 1 aliphatic heterocycles. The van der Waals surface area contributed by atoms with Gasteiger partial charge in [-0.2, -0.15) is 0 Å². The summed E-state index contributed by atoms with van der Waals surface area (Å²) in [6, 6.07) is 9.68. The van der Waals surface area contributed by atoms with Gasteiger partial charge in [0.1, 0.15) is 17.3 Å². The summed E-state index contributed by atoms with van der Waals surface area (Å²) in [5, 5.41) is 0. The number of carbonyl (C=O) groups excluding carboxylic acids is 1. The molecule has 0 aromatic heterocycles. The number of methoxy groups -OCH3 is 1.